The Bertz CT molecular complexity index is 2020. The summed E-state index contributed by atoms with van der Waals surface area (Å²) in [6.07, 6.45) is 4.17. The number of H-pyrrole nitrogens is 1. The molecule has 0 atom stereocenters. The van der Waals surface area contributed by atoms with E-state index in [0.717, 1.165) is 62.2 Å². The summed E-state index contributed by atoms with van der Waals surface area (Å²) in [5.74, 6) is 1.49. The van der Waals surface area contributed by atoms with Gasteiger partial charge in [-0.1, -0.05) is 72.8 Å². The lowest BCUT2D eigenvalue weighted by molar-refractivity contribution is 0.262. The van der Waals surface area contributed by atoms with Crippen molar-refractivity contribution in [3.05, 3.63) is 127 Å². The zero-order valence-corrected chi connectivity index (χ0v) is 23.2. The number of nitrogens with zero attached hydrogens (tertiary/aromatic N) is 2. The van der Waals surface area contributed by atoms with Crippen LogP contribution in [0, 0.1) is 0 Å². The minimum Gasteiger partial charge on any atom is -0.437 e. The van der Waals surface area contributed by atoms with Crippen molar-refractivity contribution in [3.63, 3.8) is 0 Å². The van der Waals surface area contributed by atoms with Crippen molar-refractivity contribution >= 4 is 45.2 Å². The van der Waals surface area contributed by atoms with Crippen molar-refractivity contribution in [3.8, 4) is 22.5 Å². The molecular formula is C35H28N6O2. The molecule has 7 aromatic rings. The van der Waals surface area contributed by atoms with Crippen LogP contribution in [0.3, 0.4) is 0 Å². The van der Waals surface area contributed by atoms with E-state index in [2.05, 4.69) is 43.0 Å². The number of urea groups is 1. The van der Waals surface area contributed by atoms with Crippen LogP contribution in [0.5, 0.6) is 0 Å². The van der Waals surface area contributed by atoms with Crippen LogP contribution in [0.4, 0.5) is 22.0 Å². The van der Waals surface area contributed by atoms with Crippen LogP contribution >= 0.6 is 0 Å². The van der Waals surface area contributed by atoms with Gasteiger partial charge in [0.25, 0.3) is 0 Å². The van der Waals surface area contributed by atoms with Crippen molar-refractivity contribution in [1.29, 1.82) is 0 Å². The molecule has 4 N–H and O–H groups in total. The zero-order chi connectivity index (χ0) is 29.0. The third kappa shape index (κ3) is 5.54. The molecule has 8 heteroatoms. The molecular weight excluding hydrogens is 536 g/mol. The monoisotopic (exact) mass is 564 g/mol. The molecule has 43 heavy (non-hydrogen) atoms. The SMILES string of the molecule is O=C(Nc1ccc(CCNc2ncnc3oc(-c4ccccc4)c(-c4ccccc4)c23)cc1)Nc1ccc2[nH]ccc2c1. The Morgan fingerprint density at radius 3 is 2.28 bits per heavy atom. The molecule has 2 amide bonds. The van der Waals surface area contributed by atoms with E-state index >= 15 is 0 Å². The first-order chi connectivity index (χ1) is 21.2. The second-order valence-electron chi connectivity index (χ2n) is 10.2. The number of benzene rings is 4. The minimum absolute atomic E-state index is 0.290. The first-order valence-electron chi connectivity index (χ1n) is 14.1. The summed E-state index contributed by atoms with van der Waals surface area (Å²) >= 11 is 0. The van der Waals surface area contributed by atoms with Gasteiger partial charge in [-0.05, 0) is 53.9 Å². The lowest BCUT2D eigenvalue weighted by Gasteiger charge is -2.10. The summed E-state index contributed by atoms with van der Waals surface area (Å²) in [5.41, 5.74) is 7.12. The van der Waals surface area contributed by atoms with Gasteiger partial charge in [-0.25, -0.2) is 14.8 Å². The molecule has 0 saturated heterocycles. The van der Waals surface area contributed by atoms with Gasteiger partial charge < -0.3 is 25.4 Å². The molecule has 0 spiro atoms. The number of furan rings is 1. The van der Waals surface area contributed by atoms with Crippen LogP contribution in [0.2, 0.25) is 0 Å². The number of carbonyl (C=O) groups excluding carboxylic acids is 1. The van der Waals surface area contributed by atoms with Crippen molar-refractivity contribution in [2.75, 3.05) is 22.5 Å². The maximum absolute atomic E-state index is 12.5. The number of aromatic nitrogens is 3. The topological polar surface area (TPSA) is 108 Å². The van der Waals surface area contributed by atoms with Crippen molar-refractivity contribution in [2.24, 2.45) is 0 Å². The quantitative estimate of drug-likeness (QED) is 0.148. The van der Waals surface area contributed by atoms with E-state index in [9.17, 15) is 4.79 Å². The molecule has 0 fully saturated rings. The smallest absolute Gasteiger partial charge is 0.323 e. The van der Waals surface area contributed by atoms with Crippen LogP contribution in [-0.2, 0) is 6.42 Å². The third-order valence-corrected chi connectivity index (χ3v) is 7.32. The van der Waals surface area contributed by atoms with Crippen LogP contribution < -0.4 is 16.0 Å². The van der Waals surface area contributed by atoms with Gasteiger partial charge in [0.2, 0.25) is 5.71 Å². The number of anilines is 3. The van der Waals surface area contributed by atoms with Crippen LogP contribution in [0.1, 0.15) is 5.56 Å². The van der Waals surface area contributed by atoms with Gasteiger partial charge in [-0.15, -0.1) is 0 Å². The van der Waals surface area contributed by atoms with Gasteiger partial charge in [0.05, 0.1) is 5.39 Å². The Balaban J connectivity index is 1.04. The number of aromatic amines is 1. The normalized spacial score (nSPS) is 11.1. The Kier molecular flexibility index (Phi) is 6.99. The van der Waals surface area contributed by atoms with Crippen LogP contribution in [-0.4, -0.2) is 27.5 Å². The van der Waals surface area contributed by atoms with Crippen molar-refractivity contribution < 1.29 is 9.21 Å². The molecule has 210 valence electrons. The fourth-order valence-electron chi connectivity index (χ4n) is 5.24. The average molecular weight is 565 g/mol. The lowest BCUT2D eigenvalue weighted by atomic mass is 9.99. The molecule has 0 aliphatic rings. The first kappa shape index (κ1) is 26.0. The highest BCUT2D eigenvalue weighted by Gasteiger charge is 2.21. The van der Waals surface area contributed by atoms with E-state index in [1.54, 1.807) is 0 Å². The van der Waals surface area contributed by atoms with E-state index in [1.807, 2.05) is 103 Å². The summed E-state index contributed by atoms with van der Waals surface area (Å²) in [4.78, 5) is 24.7. The predicted octanol–water partition coefficient (Wildman–Crippen LogP) is 8.34. The molecule has 7 rings (SSSR count). The minimum atomic E-state index is -0.290. The first-order valence-corrected chi connectivity index (χ1v) is 14.1. The molecule has 0 bridgehead atoms. The van der Waals surface area contributed by atoms with Crippen LogP contribution in [0.15, 0.2) is 126 Å². The molecule has 0 radical (unpaired) electrons. The Hall–Kier alpha value is -5.89. The molecule has 0 aliphatic carbocycles. The van der Waals surface area contributed by atoms with Crippen molar-refractivity contribution in [1.82, 2.24) is 15.0 Å². The fourth-order valence-corrected chi connectivity index (χ4v) is 5.24. The Labute approximate surface area is 247 Å². The Morgan fingerprint density at radius 1 is 0.767 bits per heavy atom. The number of carbonyl (C=O) groups is 1. The molecule has 0 saturated carbocycles. The summed E-state index contributed by atoms with van der Waals surface area (Å²) in [7, 11) is 0. The maximum atomic E-state index is 12.5. The number of fused-ring (bicyclic) bond motifs is 2. The summed E-state index contributed by atoms with van der Waals surface area (Å²) < 4.78 is 6.31. The predicted molar refractivity (Wildman–Crippen MR) is 172 cm³/mol. The molecule has 0 aliphatic heterocycles. The van der Waals surface area contributed by atoms with E-state index < -0.39 is 0 Å². The van der Waals surface area contributed by atoms with Gasteiger partial charge >= 0.3 is 6.03 Å². The summed E-state index contributed by atoms with van der Waals surface area (Å²) in [5, 5.41) is 11.2. The molecule has 3 heterocycles. The average Bonchev–Trinajstić information content (AvgIpc) is 3.68. The molecule has 0 unspecified atom stereocenters. The number of amides is 2. The van der Waals surface area contributed by atoms with Gasteiger partial charge in [0.1, 0.15) is 17.9 Å². The number of hydrogen-bond acceptors (Lipinski definition) is 5. The second-order valence-corrected chi connectivity index (χ2v) is 10.2. The van der Waals surface area contributed by atoms with Gasteiger partial charge in [0, 0.05) is 46.1 Å². The standard InChI is InChI=1S/C35H28N6O2/c42-35(41-28-15-16-29-26(21-28)18-20-36-29)40-27-13-11-23(12-14-27)17-19-37-33-31-30(24-7-3-1-4-8-24)32(25-9-5-2-6-10-25)43-34(31)39-22-38-33/h1-16,18,20-22,36H,17,19H2,(H,37,38,39)(H2,40,41,42). The maximum Gasteiger partial charge on any atom is 0.323 e. The molecule has 8 nitrogen and oxygen atoms in total. The van der Waals surface area contributed by atoms with E-state index in [0.29, 0.717) is 17.9 Å². The van der Waals surface area contributed by atoms with Gasteiger partial charge in [-0.2, -0.15) is 0 Å². The van der Waals surface area contributed by atoms with E-state index in [1.165, 1.54) is 6.33 Å². The molecule has 3 aromatic heterocycles. The lowest BCUT2D eigenvalue weighted by Crippen LogP contribution is -2.19. The van der Waals surface area contributed by atoms with E-state index in [4.69, 9.17) is 4.42 Å². The number of hydrogen-bond donors (Lipinski definition) is 4. The summed E-state index contributed by atoms with van der Waals surface area (Å²) in [6, 6.07) is 35.5. The van der Waals surface area contributed by atoms with E-state index in [-0.39, 0.29) is 6.03 Å². The summed E-state index contributed by atoms with van der Waals surface area (Å²) in [6.45, 7) is 0.654. The van der Waals surface area contributed by atoms with Crippen LogP contribution in [0.25, 0.3) is 44.5 Å². The van der Waals surface area contributed by atoms with Gasteiger partial charge in [0.15, 0.2) is 0 Å². The Morgan fingerprint density at radius 2 is 1.49 bits per heavy atom. The zero-order valence-electron chi connectivity index (χ0n) is 23.2. The van der Waals surface area contributed by atoms with Gasteiger partial charge in [-0.3, -0.25) is 0 Å². The third-order valence-electron chi connectivity index (χ3n) is 7.32. The number of nitrogens with one attached hydrogen (secondary N) is 4. The fraction of sp³-hybridized carbons (Fsp3) is 0.0571. The highest BCUT2D eigenvalue weighted by atomic mass is 16.3. The number of rotatable bonds is 8. The highest BCUT2D eigenvalue weighted by molar-refractivity contribution is 6.06. The van der Waals surface area contributed by atoms with Crippen molar-refractivity contribution in [2.45, 2.75) is 6.42 Å². The molecule has 4 aromatic carbocycles. The second kappa shape index (κ2) is 11.5. The largest absolute Gasteiger partial charge is 0.437 e. The highest BCUT2D eigenvalue weighted by Crippen LogP contribution is 2.42.